The van der Waals surface area contributed by atoms with Gasteiger partial charge in [0.1, 0.15) is 0 Å². The third kappa shape index (κ3) is 5.28. The highest BCUT2D eigenvalue weighted by atomic mass is 15.2. The first kappa shape index (κ1) is 13.9. The molecule has 1 fully saturated rings. The Hall–Kier alpha value is -0.120. The fourth-order valence-corrected chi connectivity index (χ4v) is 2.34. The Morgan fingerprint density at radius 1 is 1.44 bits per heavy atom. The number of nitrogens with zero attached hydrogens (tertiary/aromatic N) is 2. The highest BCUT2D eigenvalue weighted by molar-refractivity contribution is 4.79. The quantitative estimate of drug-likeness (QED) is 0.740. The number of piperidine rings is 1. The van der Waals surface area contributed by atoms with Crippen LogP contribution in [0.2, 0.25) is 0 Å². The van der Waals surface area contributed by atoms with Gasteiger partial charge in [0.05, 0.1) is 0 Å². The first-order valence-corrected chi connectivity index (χ1v) is 6.78. The normalized spacial score (nSPS) is 23.2. The third-order valence-corrected chi connectivity index (χ3v) is 3.41. The van der Waals surface area contributed by atoms with Gasteiger partial charge in [-0.15, -0.1) is 0 Å². The second kappa shape index (κ2) is 7.25. The molecule has 0 saturated carbocycles. The van der Waals surface area contributed by atoms with Crippen molar-refractivity contribution in [3.63, 3.8) is 0 Å². The van der Waals surface area contributed by atoms with Gasteiger partial charge in [0, 0.05) is 31.7 Å². The Balaban J connectivity index is 2.22. The molecular weight excluding hydrogens is 198 g/mol. The van der Waals surface area contributed by atoms with Crippen LogP contribution >= 0.6 is 0 Å². The first-order valence-electron chi connectivity index (χ1n) is 6.78. The second-order valence-corrected chi connectivity index (χ2v) is 5.36. The van der Waals surface area contributed by atoms with Gasteiger partial charge in [0.2, 0.25) is 0 Å². The lowest BCUT2D eigenvalue weighted by atomic mass is 10.1. The minimum atomic E-state index is 0.614. The van der Waals surface area contributed by atoms with Crippen molar-refractivity contribution in [1.82, 2.24) is 15.1 Å². The number of likely N-dealkylation sites (tertiary alicyclic amines) is 1. The lowest BCUT2D eigenvalue weighted by Gasteiger charge is -2.35. The minimum Gasteiger partial charge on any atom is -0.311 e. The summed E-state index contributed by atoms with van der Waals surface area (Å²) in [6.45, 7) is 12.8. The van der Waals surface area contributed by atoms with Crippen LogP contribution in [0.1, 0.15) is 33.6 Å². The number of rotatable bonds is 6. The average Bonchev–Trinajstić information content (AvgIpc) is 2.25. The second-order valence-electron chi connectivity index (χ2n) is 5.36. The van der Waals surface area contributed by atoms with E-state index in [4.69, 9.17) is 0 Å². The minimum absolute atomic E-state index is 0.614. The summed E-state index contributed by atoms with van der Waals surface area (Å²) >= 11 is 0. The molecule has 0 amide bonds. The van der Waals surface area contributed by atoms with E-state index in [2.05, 4.69) is 42.9 Å². The molecule has 0 aromatic rings. The molecule has 1 saturated heterocycles. The van der Waals surface area contributed by atoms with Crippen molar-refractivity contribution < 1.29 is 0 Å². The van der Waals surface area contributed by atoms with Crippen molar-refractivity contribution in [2.75, 3.05) is 39.8 Å². The number of hydrogen-bond donors (Lipinski definition) is 1. The summed E-state index contributed by atoms with van der Waals surface area (Å²) < 4.78 is 0. The van der Waals surface area contributed by atoms with E-state index in [0.29, 0.717) is 12.1 Å². The van der Waals surface area contributed by atoms with Crippen LogP contribution in [0.4, 0.5) is 0 Å². The molecule has 0 bridgehead atoms. The van der Waals surface area contributed by atoms with Gasteiger partial charge in [-0.2, -0.15) is 0 Å². The summed E-state index contributed by atoms with van der Waals surface area (Å²) in [5.41, 5.74) is 0. The lowest BCUT2D eigenvalue weighted by molar-refractivity contribution is 0.167. The fourth-order valence-electron chi connectivity index (χ4n) is 2.34. The van der Waals surface area contributed by atoms with Crippen molar-refractivity contribution in [2.24, 2.45) is 0 Å². The summed E-state index contributed by atoms with van der Waals surface area (Å²) in [6.07, 6.45) is 2.69. The summed E-state index contributed by atoms with van der Waals surface area (Å²) in [4.78, 5) is 5.00. The molecule has 1 atom stereocenters. The molecule has 0 radical (unpaired) electrons. The topological polar surface area (TPSA) is 18.5 Å². The summed E-state index contributed by atoms with van der Waals surface area (Å²) in [6, 6.07) is 1.32. The standard InChI is InChI=1S/C13H29N3/c1-5-15(4)9-10-16-8-6-7-13(11-16)14-12(2)3/h12-14H,5-11H2,1-4H3. The summed E-state index contributed by atoms with van der Waals surface area (Å²) in [5.74, 6) is 0. The number of nitrogens with one attached hydrogen (secondary N) is 1. The Morgan fingerprint density at radius 3 is 2.81 bits per heavy atom. The zero-order chi connectivity index (χ0) is 12.0. The largest absolute Gasteiger partial charge is 0.311 e. The first-order chi connectivity index (χ1) is 7.61. The Bertz CT molecular complexity index is 182. The van der Waals surface area contributed by atoms with Gasteiger partial charge >= 0.3 is 0 Å². The van der Waals surface area contributed by atoms with Crippen LogP contribution < -0.4 is 5.32 Å². The molecule has 3 nitrogen and oxygen atoms in total. The predicted octanol–water partition coefficient (Wildman–Crippen LogP) is 1.40. The van der Waals surface area contributed by atoms with Crippen LogP contribution in [0.25, 0.3) is 0 Å². The SMILES string of the molecule is CCN(C)CCN1CCCC(NC(C)C)C1. The van der Waals surface area contributed by atoms with Crippen molar-refractivity contribution in [2.45, 2.75) is 45.7 Å². The summed E-state index contributed by atoms with van der Waals surface area (Å²) in [5, 5.41) is 3.66. The van der Waals surface area contributed by atoms with E-state index in [1.165, 1.54) is 39.0 Å². The molecule has 1 rings (SSSR count). The van der Waals surface area contributed by atoms with E-state index in [1.807, 2.05) is 0 Å². The molecule has 1 heterocycles. The summed E-state index contributed by atoms with van der Waals surface area (Å²) in [7, 11) is 2.20. The van der Waals surface area contributed by atoms with Crippen LogP contribution in [0.3, 0.4) is 0 Å². The zero-order valence-corrected chi connectivity index (χ0v) is 11.5. The van der Waals surface area contributed by atoms with E-state index < -0.39 is 0 Å². The van der Waals surface area contributed by atoms with Crippen molar-refractivity contribution in [1.29, 1.82) is 0 Å². The monoisotopic (exact) mass is 227 g/mol. The molecular formula is C13H29N3. The molecule has 16 heavy (non-hydrogen) atoms. The maximum Gasteiger partial charge on any atom is 0.0197 e. The molecule has 0 spiro atoms. The molecule has 1 aliphatic heterocycles. The Morgan fingerprint density at radius 2 is 2.19 bits per heavy atom. The van der Waals surface area contributed by atoms with Crippen LogP contribution in [-0.4, -0.2) is 61.7 Å². The third-order valence-electron chi connectivity index (χ3n) is 3.41. The molecule has 0 aliphatic carbocycles. The van der Waals surface area contributed by atoms with Gasteiger partial charge in [-0.3, -0.25) is 0 Å². The van der Waals surface area contributed by atoms with Gasteiger partial charge in [-0.05, 0) is 33.0 Å². The molecule has 96 valence electrons. The van der Waals surface area contributed by atoms with Crippen molar-refractivity contribution in [3.8, 4) is 0 Å². The molecule has 1 aliphatic rings. The number of hydrogen-bond acceptors (Lipinski definition) is 3. The Labute approximate surface area is 101 Å². The zero-order valence-electron chi connectivity index (χ0n) is 11.5. The molecule has 3 heteroatoms. The maximum absolute atomic E-state index is 3.66. The van der Waals surface area contributed by atoms with Gasteiger partial charge in [-0.1, -0.05) is 20.8 Å². The predicted molar refractivity (Wildman–Crippen MR) is 70.9 cm³/mol. The van der Waals surface area contributed by atoms with Crippen LogP contribution in [0.15, 0.2) is 0 Å². The van der Waals surface area contributed by atoms with E-state index in [0.717, 1.165) is 6.54 Å². The fraction of sp³-hybridized carbons (Fsp3) is 1.00. The molecule has 0 aromatic heterocycles. The van der Waals surface area contributed by atoms with Crippen LogP contribution in [0.5, 0.6) is 0 Å². The van der Waals surface area contributed by atoms with Crippen molar-refractivity contribution in [3.05, 3.63) is 0 Å². The van der Waals surface area contributed by atoms with E-state index >= 15 is 0 Å². The van der Waals surface area contributed by atoms with Crippen LogP contribution in [-0.2, 0) is 0 Å². The van der Waals surface area contributed by atoms with Gasteiger partial charge in [-0.25, -0.2) is 0 Å². The average molecular weight is 227 g/mol. The van der Waals surface area contributed by atoms with Gasteiger partial charge in [0.15, 0.2) is 0 Å². The Kier molecular flexibility index (Phi) is 6.32. The molecule has 1 unspecified atom stereocenters. The van der Waals surface area contributed by atoms with Gasteiger partial charge in [0.25, 0.3) is 0 Å². The van der Waals surface area contributed by atoms with Gasteiger partial charge < -0.3 is 15.1 Å². The van der Waals surface area contributed by atoms with E-state index in [1.54, 1.807) is 0 Å². The highest BCUT2D eigenvalue weighted by Crippen LogP contribution is 2.10. The molecule has 1 N–H and O–H groups in total. The van der Waals surface area contributed by atoms with Crippen LogP contribution in [0, 0.1) is 0 Å². The van der Waals surface area contributed by atoms with E-state index in [-0.39, 0.29) is 0 Å². The number of likely N-dealkylation sites (N-methyl/N-ethyl adjacent to an activating group) is 1. The smallest absolute Gasteiger partial charge is 0.0197 e. The van der Waals surface area contributed by atoms with Crippen molar-refractivity contribution >= 4 is 0 Å². The maximum atomic E-state index is 3.66. The van der Waals surface area contributed by atoms with E-state index in [9.17, 15) is 0 Å². The lowest BCUT2D eigenvalue weighted by Crippen LogP contribution is -2.49. The highest BCUT2D eigenvalue weighted by Gasteiger charge is 2.19. The molecule has 0 aromatic carbocycles.